The first kappa shape index (κ1) is 15.0. The van der Waals surface area contributed by atoms with Crippen molar-refractivity contribution in [2.45, 2.75) is 25.9 Å². The molecule has 2 aromatic rings. The van der Waals surface area contributed by atoms with Gasteiger partial charge in [0.2, 0.25) is 0 Å². The van der Waals surface area contributed by atoms with Crippen LogP contribution in [0.1, 0.15) is 35.8 Å². The Balaban J connectivity index is 2.14. The van der Waals surface area contributed by atoms with E-state index in [1.165, 1.54) is 0 Å². The molecule has 4 nitrogen and oxygen atoms in total. The molecule has 2 atom stereocenters. The number of aryl methyl sites for hydroxylation is 1. The molecule has 1 aromatic heterocycles. The fourth-order valence-corrected chi connectivity index (χ4v) is 2.41. The lowest BCUT2D eigenvalue weighted by Crippen LogP contribution is -2.27. The number of halogens is 1. The van der Waals surface area contributed by atoms with E-state index in [2.05, 4.69) is 17.3 Å². The van der Waals surface area contributed by atoms with Gasteiger partial charge in [-0.05, 0) is 31.5 Å². The van der Waals surface area contributed by atoms with E-state index >= 15 is 0 Å². The van der Waals surface area contributed by atoms with Crippen molar-refractivity contribution in [1.82, 2.24) is 15.1 Å². The standard InChI is InChI=1S/C15H20ClN3O/c1-10(14-8-17-19(3)11(14)2)18-15(9-20)12-4-6-13(16)7-5-12/h4-8,10,15,18,20H,9H2,1-3H3. The molecular weight excluding hydrogens is 274 g/mol. The van der Waals surface area contributed by atoms with Crippen molar-refractivity contribution in [2.75, 3.05) is 6.61 Å². The summed E-state index contributed by atoms with van der Waals surface area (Å²) in [5.74, 6) is 0. The van der Waals surface area contributed by atoms with Crippen LogP contribution < -0.4 is 5.32 Å². The van der Waals surface area contributed by atoms with Gasteiger partial charge in [0.1, 0.15) is 0 Å². The van der Waals surface area contributed by atoms with Gasteiger partial charge in [-0.2, -0.15) is 5.10 Å². The van der Waals surface area contributed by atoms with Gasteiger partial charge in [0.05, 0.1) is 18.8 Å². The fraction of sp³-hybridized carbons (Fsp3) is 0.400. The molecule has 0 saturated heterocycles. The first-order valence-electron chi connectivity index (χ1n) is 6.63. The molecule has 108 valence electrons. The van der Waals surface area contributed by atoms with Crippen molar-refractivity contribution in [2.24, 2.45) is 7.05 Å². The highest BCUT2D eigenvalue weighted by Gasteiger charge is 2.17. The van der Waals surface area contributed by atoms with Gasteiger partial charge in [0.25, 0.3) is 0 Å². The van der Waals surface area contributed by atoms with E-state index in [1.54, 1.807) is 0 Å². The Morgan fingerprint density at radius 2 is 2.00 bits per heavy atom. The van der Waals surface area contributed by atoms with Gasteiger partial charge in [-0.15, -0.1) is 0 Å². The molecule has 20 heavy (non-hydrogen) atoms. The number of aromatic nitrogens is 2. The highest BCUT2D eigenvalue weighted by molar-refractivity contribution is 6.30. The maximum atomic E-state index is 9.60. The third-order valence-electron chi connectivity index (χ3n) is 3.65. The lowest BCUT2D eigenvalue weighted by Gasteiger charge is -2.22. The van der Waals surface area contributed by atoms with Crippen molar-refractivity contribution in [3.05, 3.63) is 52.3 Å². The summed E-state index contributed by atoms with van der Waals surface area (Å²) in [6.45, 7) is 4.14. The van der Waals surface area contributed by atoms with E-state index in [9.17, 15) is 5.11 Å². The minimum absolute atomic E-state index is 0.0330. The Bertz CT molecular complexity index is 565. The van der Waals surface area contributed by atoms with Gasteiger partial charge >= 0.3 is 0 Å². The van der Waals surface area contributed by atoms with Crippen LogP contribution in [0.3, 0.4) is 0 Å². The summed E-state index contributed by atoms with van der Waals surface area (Å²) in [6, 6.07) is 7.51. The highest BCUT2D eigenvalue weighted by Crippen LogP contribution is 2.22. The molecule has 0 saturated carbocycles. The monoisotopic (exact) mass is 293 g/mol. The number of nitrogens with zero attached hydrogens (tertiary/aromatic N) is 2. The average molecular weight is 294 g/mol. The van der Waals surface area contributed by atoms with E-state index < -0.39 is 0 Å². The Morgan fingerprint density at radius 1 is 1.35 bits per heavy atom. The second-order valence-electron chi connectivity index (χ2n) is 4.98. The lowest BCUT2D eigenvalue weighted by molar-refractivity contribution is 0.235. The third kappa shape index (κ3) is 3.20. The van der Waals surface area contributed by atoms with Crippen molar-refractivity contribution in [1.29, 1.82) is 0 Å². The van der Waals surface area contributed by atoms with E-state index in [-0.39, 0.29) is 18.7 Å². The summed E-state index contributed by atoms with van der Waals surface area (Å²) in [5, 5.41) is 18.0. The number of benzene rings is 1. The molecule has 0 bridgehead atoms. The summed E-state index contributed by atoms with van der Waals surface area (Å²) in [6.07, 6.45) is 1.86. The maximum absolute atomic E-state index is 9.60. The summed E-state index contributed by atoms with van der Waals surface area (Å²) in [7, 11) is 1.92. The SMILES string of the molecule is Cc1c(C(C)NC(CO)c2ccc(Cl)cc2)cnn1C. The zero-order chi connectivity index (χ0) is 14.7. The van der Waals surface area contributed by atoms with Gasteiger partial charge in [-0.3, -0.25) is 4.68 Å². The molecule has 0 fully saturated rings. The van der Waals surface area contributed by atoms with E-state index in [0.29, 0.717) is 5.02 Å². The van der Waals surface area contributed by atoms with Gasteiger partial charge in [0, 0.05) is 29.4 Å². The second kappa shape index (κ2) is 6.39. The molecule has 0 spiro atoms. The second-order valence-corrected chi connectivity index (χ2v) is 5.42. The van der Waals surface area contributed by atoms with Gasteiger partial charge in [-0.25, -0.2) is 0 Å². The molecule has 2 unspecified atom stereocenters. The van der Waals surface area contributed by atoms with Crippen molar-refractivity contribution < 1.29 is 5.11 Å². The van der Waals surface area contributed by atoms with Crippen molar-refractivity contribution in [3.63, 3.8) is 0 Å². The maximum Gasteiger partial charge on any atom is 0.0626 e. The molecule has 0 radical (unpaired) electrons. The molecule has 2 N–H and O–H groups in total. The first-order chi connectivity index (χ1) is 9.52. The first-order valence-corrected chi connectivity index (χ1v) is 7.01. The molecule has 2 rings (SSSR count). The largest absolute Gasteiger partial charge is 0.394 e. The summed E-state index contributed by atoms with van der Waals surface area (Å²) >= 11 is 5.89. The summed E-state index contributed by atoms with van der Waals surface area (Å²) in [5.41, 5.74) is 3.28. The normalized spacial score (nSPS) is 14.2. The van der Waals surface area contributed by atoms with Gasteiger partial charge in [-0.1, -0.05) is 23.7 Å². The zero-order valence-corrected chi connectivity index (χ0v) is 12.7. The molecule has 0 aliphatic rings. The van der Waals surface area contributed by atoms with Crippen LogP contribution >= 0.6 is 11.6 Å². The Kier molecular flexibility index (Phi) is 4.81. The van der Waals surface area contributed by atoms with E-state index in [4.69, 9.17) is 11.6 Å². The number of aliphatic hydroxyl groups is 1. The summed E-state index contributed by atoms with van der Waals surface area (Å²) in [4.78, 5) is 0. The van der Waals surface area contributed by atoms with Crippen LogP contribution in [-0.4, -0.2) is 21.5 Å². The van der Waals surface area contributed by atoms with E-state index in [0.717, 1.165) is 16.8 Å². The number of hydrogen-bond acceptors (Lipinski definition) is 3. The fourth-order valence-electron chi connectivity index (χ4n) is 2.28. The Labute approximate surface area is 124 Å². The number of aliphatic hydroxyl groups excluding tert-OH is 1. The van der Waals surface area contributed by atoms with Crippen LogP contribution in [-0.2, 0) is 7.05 Å². The highest BCUT2D eigenvalue weighted by atomic mass is 35.5. The Hall–Kier alpha value is -1.36. The van der Waals surface area contributed by atoms with Crippen LogP contribution in [0.25, 0.3) is 0 Å². The molecule has 0 aliphatic carbocycles. The minimum Gasteiger partial charge on any atom is -0.394 e. The molecule has 0 amide bonds. The van der Waals surface area contributed by atoms with Crippen LogP contribution in [0.2, 0.25) is 5.02 Å². The number of rotatable bonds is 5. The van der Waals surface area contributed by atoms with Crippen LogP contribution in [0, 0.1) is 6.92 Å². The zero-order valence-electron chi connectivity index (χ0n) is 12.0. The predicted octanol–water partition coefficient (Wildman–Crippen LogP) is 2.77. The lowest BCUT2D eigenvalue weighted by atomic mass is 10.0. The average Bonchev–Trinajstić information content (AvgIpc) is 2.77. The summed E-state index contributed by atoms with van der Waals surface area (Å²) < 4.78 is 1.85. The minimum atomic E-state index is -0.123. The molecule has 5 heteroatoms. The third-order valence-corrected chi connectivity index (χ3v) is 3.90. The molecular formula is C15H20ClN3O. The van der Waals surface area contributed by atoms with E-state index in [1.807, 2.05) is 49.1 Å². The Morgan fingerprint density at radius 3 is 2.50 bits per heavy atom. The molecule has 0 aliphatic heterocycles. The van der Waals surface area contributed by atoms with Crippen molar-refractivity contribution >= 4 is 11.6 Å². The van der Waals surface area contributed by atoms with Gasteiger partial charge in [0.15, 0.2) is 0 Å². The van der Waals surface area contributed by atoms with Crippen LogP contribution in [0.5, 0.6) is 0 Å². The van der Waals surface area contributed by atoms with Crippen molar-refractivity contribution in [3.8, 4) is 0 Å². The molecule has 1 aromatic carbocycles. The smallest absolute Gasteiger partial charge is 0.0626 e. The quantitative estimate of drug-likeness (QED) is 0.891. The molecule has 1 heterocycles. The van der Waals surface area contributed by atoms with Crippen LogP contribution in [0.15, 0.2) is 30.5 Å². The predicted molar refractivity (Wildman–Crippen MR) is 80.8 cm³/mol. The number of hydrogen-bond donors (Lipinski definition) is 2. The number of nitrogens with one attached hydrogen (secondary N) is 1. The van der Waals surface area contributed by atoms with Gasteiger partial charge < -0.3 is 10.4 Å². The topological polar surface area (TPSA) is 50.1 Å². The van der Waals surface area contributed by atoms with Crippen LogP contribution in [0.4, 0.5) is 0 Å².